The first kappa shape index (κ1) is 23.2. The summed E-state index contributed by atoms with van der Waals surface area (Å²) in [7, 11) is 0. The van der Waals surface area contributed by atoms with Gasteiger partial charge in [0, 0.05) is 5.69 Å². The number of carbonyl (C=O) groups excluding carboxylic acids is 4. The Balaban J connectivity index is 1.65. The van der Waals surface area contributed by atoms with Crippen molar-refractivity contribution in [1.82, 2.24) is 5.32 Å². The Bertz CT molecular complexity index is 884. The largest absolute Gasteiger partial charge is 0.455 e. The molecule has 2 aromatic rings. The van der Waals surface area contributed by atoms with E-state index in [2.05, 4.69) is 10.6 Å². The lowest BCUT2D eigenvalue weighted by molar-refractivity contribution is -0.148. The summed E-state index contributed by atoms with van der Waals surface area (Å²) in [5, 5.41) is 4.28. The van der Waals surface area contributed by atoms with Crippen LogP contribution in [0.25, 0.3) is 0 Å². The smallest absolute Gasteiger partial charge is 0.319 e. The highest BCUT2D eigenvalue weighted by Crippen LogP contribution is 2.14. The second-order valence-electron chi connectivity index (χ2n) is 6.61. The van der Waals surface area contributed by atoms with Gasteiger partial charge in [0.05, 0.1) is 12.2 Å². The fraction of sp³-hybridized carbons (Fsp3) is 0.273. The van der Waals surface area contributed by atoms with E-state index >= 15 is 0 Å². The third-order valence-electron chi connectivity index (χ3n) is 3.96. The number of aryl methyl sites for hydroxylation is 1. The maximum Gasteiger partial charge on any atom is 0.319 e. The second kappa shape index (κ2) is 11.8. The van der Waals surface area contributed by atoms with E-state index in [4.69, 9.17) is 4.74 Å². The SMILES string of the molecule is Cc1ccc(NC(=O)CSC(C)C(=O)OCC(=O)NC(=O)Cc2ccccc2)cc1. The minimum atomic E-state index is -0.696. The van der Waals surface area contributed by atoms with Crippen LogP contribution in [0.5, 0.6) is 0 Å². The van der Waals surface area contributed by atoms with Crippen LogP contribution in [0.4, 0.5) is 5.69 Å². The van der Waals surface area contributed by atoms with Crippen LogP contribution in [-0.2, 0) is 30.3 Å². The summed E-state index contributed by atoms with van der Waals surface area (Å²) in [6.45, 7) is 2.98. The number of imide groups is 1. The van der Waals surface area contributed by atoms with Crippen molar-refractivity contribution in [3.05, 3.63) is 65.7 Å². The molecule has 0 aliphatic heterocycles. The average molecular weight is 429 g/mol. The summed E-state index contributed by atoms with van der Waals surface area (Å²) in [4.78, 5) is 47.6. The highest BCUT2D eigenvalue weighted by atomic mass is 32.2. The van der Waals surface area contributed by atoms with Crippen LogP contribution < -0.4 is 10.6 Å². The van der Waals surface area contributed by atoms with E-state index in [0.717, 1.165) is 22.9 Å². The fourth-order valence-corrected chi connectivity index (χ4v) is 3.05. The third-order valence-corrected chi connectivity index (χ3v) is 5.08. The molecule has 0 spiro atoms. The van der Waals surface area contributed by atoms with Gasteiger partial charge in [-0.2, -0.15) is 0 Å². The number of anilines is 1. The van der Waals surface area contributed by atoms with E-state index < -0.39 is 29.6 Å². The molecule has 0 radical (unpaired) electrons. The van der Waals surface area contributed by atoms with Crippen LogP contribution in [0.2, 0.25) is 0 Å². The topological polar surface area (TPSA) is 102 Å². The van der Waals surface area contributed by atoms with E-state index in [-0.39, 0.29) is 18.1 Å². The van der Waals surface area contributed by atoms with Gasteiger partial charge in [-0.15, -0.1) is 11.8 Å². The van der Waals surface area contributed by atoms with Crippen molar-refractivity contribution in [1.29, 1.82) is 0 Å². The monoisotopic (exact) mass is 428 g/mol. The molecule has 0 aliphatic carbocycles. The number of rotatable bonds is 9. The van der Waals surface area contributed by atoms with Crippen molar-refractivity contribution in [2.24, 2.45) is 0 Å². The number of ether oxygens (including phenoxy) is 1. The number of hydrogen-bond donors (Lipinski definition) is 2. The Hall–Kier alpha value is -3.13. The van der Waals surface area contributed by atoms with Crippen molar-refractivity contribution in [3.63, 3.8) is 0 Å². The predicted octanol–water partition coefficient (Wildman–Crippen LogP) is 2.48. The zero-order valence-corrected chi connectivity index (χ0v) is 17.7. The first-order valence-corrected chi connectivity index (χ1v) is 10.4. The van der Waals surface area contributed by atoms with Crippen molar-refractivity contribution in [2.45, 2.75) is 25.5 Å². The van der Waals surface area contributed by atoms with Crippen LogP contribution in [-0.4, -0.2) is 41.3 Å². The van der Waals surface area contributed by atoms with Crippen molar-refractivity contribution >= 4 is 41.1 Å². The molecule has 0 saturated heterocycles. The van der Waals surface area contributed by atoms with Gasteiger partial charge in [-0.1, -0.05) is 48.0 Å². The number of nitrogens with one attached hydrogen (secondary N) is 2. The molecule has 0 aliphatic rings. The predicted molar refractivity (Wildman–Crippen MR) is 116 cm³/mol. The van der Waals surface area contributed by atoms with E-state index in [0.29, 0.717) is 5.69 Å². The van der Waals surface area contributed by atoms with E-state index in [1.165, 1.54) is 0 Å². The van der Waals surface area contributed by atoms with Crippen LogP contribution >= 0.6 is 11.8 Å². The van der Waals surface area contributed by atoms with Gasteiger partial charge < -0.3 is 10.1 Å². The summed E-state index contributed by atoms with van der Waals surface area (Å²) >= 11 is 1.10. The van der Waals surface area contributed by atoms with Crippen molar-refractivity contribution in [2.75, 3.05) is 17.7 Å². The molecular weight excluding hydrogens is 404 g/mol. The Morgan fingerprint density at radius 1 is 0.933 bits per heavy atom. The Kier molecular flexibility index (Phi) is 9.08. The molecule has 0 heterocycles. The first-order chi connectivity index (χ1) is 14.3. The summed E-state index contributed by atoms with van der Waals surface area (Å²) in [6, 6.07) is 16.4. The maximum atomic E-state index is 12.0. The van der Waals surface area contributed by atoms with Crippen molar-refractivity contribution < 1.29 is 23.9 Å². The standard InChI is InChI=1S/C22H24N2O5S/c1-15-8-10-18(11-9-15)23-21(27)14-30-16(2)22(28)29-13-20(26)24-19(25)12-17-6-4-3-5-7-17/h3-11,16H,12-14H2,1-2H3,(H,23,27)(H,24,25,26). The molecule has 0 saturated carbocycles. The average Bonchev–Trinajstić information content (AvgIpc) is 2.72. The summed E-state index contributed by atoms with van der Waals surface area (Å²) in [5.74, 6) is -1.98. The number of thioether (sulfide) groups is 1. The molecule has 2 rings (SSSR count). The highest BCUT2D eigenvalue weighted by molar-refractivity contribution is 8.01. The van der Waals surface area contributed by atoms with Crippen molar-refractivity contribution in [3.8, 4) is 0 Å². The van der Waals surface area contributed by atoms with Crippen LogP contribution in [0.3, 0.4) is 0 Å². The first-order valence-electron chi connectivity index (χ1n) is 9.35. The lowest BCUT2D eigenvalue weighted by Gasteiger charge is -2.11. The molecule has 0 bridgehead atoms. The number of carbonyl (C=O) groups is 4. The Labute approximate surface area is 179 Å². The molecule has 8 heteroatoms. The molecule has 3 amide bonds. The van der Waals surface area contributed by atoms with Gasteiger partial charge in [0.1, 0.15) is 5.25 Å². The maximum absolute atomic E-state index is 12.0. The minimum absolute atomic E-state index is 0.0584. The third kappa shape index (κ3) is 8.48. The molecule has 2 N–H and O–H groups in total. The molecule has 2 aromatic carbocycles. The van der Waals surface area contributed by atoms with Crippen LogP contribution in [0.15, 0.2) is 54.6 Å². The number of hydrogen-bond acceptors (Lipinski definition) is 6. The number of benzene rings is 2. The van der Waals surface area contributed by atoms with Gasteiger partial charge in [0.25, 0.3) is 5.91 Å². The zero-order chi connectivity index (χ0) is 21.9. The van der Waals surface area contributed by atoms with E-state index in [1.54, 1.807) is 43.3 Å². The van der Waals surface area contributed by atoms with Gasteiger partial charge in [-0.25, -0.2) is 0 Å². The lowest BCUT2D eigenvalue weighted by Crippen LogP contribution is -2.36. The quantitative estimate of drug-likeness (QED) is 0.595. The Morgan fingerprint density at radius 3 is 2.27 bits per heavy atom. The lowest BCUT2D eigenvalue weighted by atomic mass is 10.1. The van der Waals surface area contributed by atoms with Crippen LogP contribution in [0, 0.1) is 6.92 Å². The van der Waals surface area contributed by atoms with Crippen LogP contribution in [0.1, 0.15) is 18.1 Å². The summed E-state index contributed by atoms with van der Waals surface area (Å²) in [5.41, 5.74) is 2.54. The molecule has 1 atom stereocenters. The molecule has 30 heavy (non-hydrogen) atoms. The zero-order valence-electron chi connectivity index (χ0n) is 16.8. The fourth-order valence-electron chi connectivity index (χ4n) is 2.37. The molecule has 158 valence electrons. The molecule has 1 unspecified atom stereocenters. The normalized spacial score (nSPS) is 11.3. The highest BCUT2D eigenvalue weighted by Gasteiger charge is 2.19. The van der Waals surface area contributed by atoms with Gasteiger partial charge in [0.2, 0.25) is 11.8 Å². The van der Waals surface area contributed by atoms with Gasteiger partial charge in [0.15, 0.2) is 6.61 Å². The van der Waals surface area contributed by atoms with E-state index in [1.807, 2.05) is 25.1 Å². The Morgan fingerprint density at radius 2 is 1.60 bits per heavy atom. The molecule has 0 aromatic heterocycles. The summed E-state index contributed by atoms with van der Waals surface area (Å²) in [6.07, 6.45) is 0.0584. The van der Waals surface area contributed by atoms with Gasteiger partial charge in [-0.3, -0.25) is 24.5 Å². The molecular formula is C22H24N2O5S. The van der Waals surface area contributed by atoms with E-state index in [9.17, 15) is 19.2 Å². The molecule has 0 fully saturated rings. The summed E-state index contributed by atoms with van der Waals surface area (Å²) < 4.78 is 4.92. The number of esters is 1. The van der Waals surface area contributed by atoms with Gasteiger partial charge >= 0.3 is 5.97 Å². The minimum Gasteiger partial charge on any atom is -0.455 e. The van der Waals surface area contributed by atoms with Gasteiger partial charge in [-0.05, 0) is 31.5 Å². The number of amides is 3. The molecule has 7 nitrogen and oxygen atoms in total. The second-order valence-corrected chi connectivity index (χ2v) is 7.94.